The van der Waals surface area contributed by atoms with Crippen molar-refractivity contribution in [2.24, 2.45) is 0 Å². The van der Waals surface area contributed by atoms with Crippen molar-refractivity contribution in [2.45, 2.75) is 50.8 Å². The van der Waals surface area contributed by atoms with Gasteiger partial charge in [0.2, 0.25) is 5.60 Å². The van der Waals surface area contributed by atoms with Gasteiger partial charge in [-0.1, -0.05) is 13.3 Å². The molecule has 1 aliphatic rings. The van der Waals surface area contributed by atoms with E-state index in [4.69, 9.17) is 0 Å². The zero-order valence-corrected chi connectivity index (χ0v) is 7.99. The molecule has 1 unspecified atom stereocenters. The molecule has 1 atom stereocenters. The summed E-state index contributed by atoms with van der Waals surface area (Å²) in [4.78, 5) is 10.7. The van der Waals surface area contributed by atoms with E-state index in [0.29, 0.717) is 12.8 Å². The maximum absolute atomic E-state index is 12.6. The first-order valence-corrected chi connectivity index (χ1v) is 4.70. The molecule has 82 valence electrons. The number of alkyl halides is 3. The average Bonchev–Trinajstić information content (AvgIpc) is 2.44. The fourth-order valence-corrected chi connectivity index (χ4v) is 1.60. The molecule has 5 heteroatoms. The zero-order valence-electron chi connectivity index (χ0n) is 7.99. The topological polar surface area (TPSA) is 26.3 Å². The highest BCUT2D eigenvalue weighted by atomic mass is 19.4. The standard InChI is InChI=1S/C9H13F3O2/c1-2-3-5-8(9(10,11)12)6-4-7(13)14-8/h2-6H2,1H3. The van der Waals surface area contributed by atoms with Crippen molar-refractivity contribution in [1.82, 2.24) is 0 Å². The van der Waals surface area contributed by atoms with Crippen LogP contribution in [0.4, 0.5) is 13.2 Å². The predicted molar refractivity (Wildman–Crippen MR) is 43.6 cm³/mol. The van der Waals surface area contributed by atoms with Crippen LogP contribution in [0, 0.1) is 0 Å². The summed E-state index contributed by atoms with van der Waals surface area (Å²) in [6, 6.07) is 0. The second-order valence-corrected chi connectivity index (χ2v) is 3.57. The zero-order chi connectivity index (χ0) is 10.8. The Kier molecular flexibility index (Phi) is 3.07. The van der Waals surface area contributed by atoms with Crippen molar-refractivity contribution in [3.8, 4) is 0 Å². The number of halogens is 3. The van der Waals surface area contributed by atoms with Gasteiger partial charge in [0.05, 0.1) is 0 Å². The van der Waals surface area contributed by atoms with Crippen LogP contribution in [0.25, 0.3) is 0 Å². The summed E-state index contributed by atoms with van der Waals surface area (Å²) in [6.45, 7) is 1.81. The van der Waals surface area contributed by atoms with Gasteiger partial charge in [0.25, 0.3) is 0 Å². The Morgan fingerprint density at radius 2 is 2.14 bits per heavy atom. The molecule has 1 heterocycles. The lowest BCUT2D eigenvalue weighted by Gasteiger charge is -2.29. The summed E-state index contributed by atoms with van der Waals surface area (Å²) in [5.74, 6) is -0.738. The van der Waals surface area contributed by atoms with Crippen LogP contribution in [0.5, 0.6) is 0 Å². The van der Waals surface area contributed by atoms with Crippen LogP contribution in [-0.2, 0) is 9.53 Å². The third-order valence-corrected chi connectivity index (χ3v) is 2.49. The minimum Gasteiger partial charge on any atom is -0.449 e. The summed E-state index contributed by atoms with van der Waals surface area (Å²) >= 11 is 0. The van der Waals surface area contributed by atoms with E-state index < -0.39 is 17.7 Å². The summed E-state index contributed by atoms with van der Waals surface area (Å²) in [5, 5.41) is 0. The fourth-order valence-electron chi connectivity index (χ4n) is 1.60. The van der Waals surface area contributed by atoms with Crippen LogP contribution in [0.15, 0.2) is 0 Å². The van der Waals surface area contributed by atoms with Crippen molar-refractivity contribution in [2.75, 3.05) is 0 Å². The molecule has 0 aromatic carbocycles. The van der Waals surface area contributed by atoms with Crippen molar-refractivity contribution in [3.63, 3.8) is 0 Å². The van der Waals surface area contributed by atoms with Crippen LogP contribution in [-0.4, -0.2) is 17.7 Å². The highest BCUT2D eigenvalue weighted by molar-refractivity contribution is 5.72. The number of carbonyl (C=O) groups is 1. The molecule has 0 aromatic rings. The lowest BCUT2D eigenvalue weighted by molar-refractivity contribution is -0.261. The Hall–Kier alpha value is -0.740. The molecule has 1 saturated heterocycles. The lowest BCUT2D eigenvalue weighted by atomic mass is 9.93. The predicted octanol–water partition coefficient (Wildman–Crippen LogP) is 2.81. The van der Waals surface area contributed by atoms with Crippen LogP contribution in [0.3, 0.4) is 0 Å². The first-order valence-electron chi connectivity index (χ1n) is 4.70. The van der Waals surface area contributed by atoms with E-state index in [2.05, 4.69) is 4.74 Å². The minimum absolute atomic E-state index is 0.112. The van der Waals surface area contributed by atoms with Crippen LogP contribution in [0.2, 0.25) is 0 Å². The molecule has 2 nitrogen and oxygen atoms in total. The number of rotatable bonds is 3. The fraction of sp³-hybridized carbons (Fsp3) is 0.889. The first-order chi connectivity index (χ1) is 6.41. The third-order valence-electron chi connectivity index (χ3n) is 2.49. The molecule has 1 aliphatic heterocycles. The Balaban J connectivity index is 2.75. The second-order valence-electron chi connectivity index (χ2n) is 3.57. The van der Waals surface area contributed by atoms with Gasteiger partial charge in [0, 0.05) is 12.8 Å². The summed E-state index contributed by atoms with van der Waals surface area (Å²) in [7, 11) is 0. The van der Waals surface area contributed by atoms with Gasteiger partial charge in [0.15, 0.2) is 0 Å². The summed E-state index contributed by atoms with van der Waals surface area (Å²) < 4.78 is 42.4. The summed E-state index contributed by atoms with van der Waals surface area (Å²) in [5.41, 5.74) is -2.19. The maximum Gasteiger partial charge on any atom is 0.428 e. The maximum atomic E-state index is 12.6. The van der Waals surface area contributed by atoms with E-state index >= 15 is 0 Å². The molecule has 14 heavy (non-hydrogen) atoms. The SMILES string of the molecule is CCCCC1(C(F)(F)F)CCC(=O)O1. The molecule has 1 rings (SSSR count). The van der Waals surface area contributed by atoms with Gasteiger partial charge in [-0.2, -0.15) is 13.2 Å². The summed E-state index contributed by atoms with van der Waals surface area (Å²) in [6.07, 6.45) is -3.81. The number of cyclic esters (lactones) is 1. The van der Waals surface area contributed by atoms with E-state index in [9.17, 15) is 18.0 Å². The van der Waals surface area contributed by atoms with E-state index in [0.717, 1.165) is 0 Å². The molecule has 1 fully saturated rings. The number of carbonyl (C=O) groups excluding carboxylic acids is 1. The normalized spacial score (nSPS) is 27.9. The monoisotopic (exact) mass is 210 g/mol. The van der Waals surface area contributed by atoms with Gasteiger partial charge in [-0.25, -0.2) is 0 Å². The molecule has 0 radical (unpaired) electrons. The molecule has 0 bridgehead atoms. The first kappa shape index (κ1) is 11.3. The smallest absolute Gasteiger partial charge is 0.428 e. The number of hydrogen-bond acceptors (Lipinski definition) is 2. The van der Waals surface area contributed by atoms with Crippen molar-refractivity contribution < 1.29 is 22.7 Å². The van der Waals surface area contributed by atoms with Crippen LogP contribution < -0.4 is 0 Å². The molecular formula is C9H13F3O2. The molecule has 0 saturated carbocycles. The van der Waals surface area contributed by atoms with Crippen molar-refractivity contribution in [1.29, 1.82) is 0 Å². The highest BCUT2D eigenvalue weighted by Gasteiger charge is 2.60. The van der Waals surface area contributed by atoms with Crippen molar-refractivity contribution >= 4 is 5.97 Å². The molecule has 0 amide bonds. The Morgan fingerprint density at radius 3 is 2.50 bits per heavy atom. The molecule has 0 spiro atoms. The molecule has 0 aromatic heterocycles. The van der Waals surface area contributed by atoms with E-state index in [-0.39, 0.29) is 19.3 Å². The third kappa shape index (κ3) is 2.01. The Morgan fingerprint density at radius 1 is 1.50 bits per heavy atom. The van der Waals surface area contributed by atoms with E-state index in [1.807, 2.05) is 0 Å². The molecular weight excluding hydrogens is 197 g/mol. The highest BCUT2D eigenvalue weighted by Crippen LogP contribution is 2.44. The number of ether oxygens (including phenoxy) is 1. The van der Waals surface area contributed by atoms with E-state index in [1.54, 1.807) is 6.92 Å². The Labute approximate surface area is 80.4 Å². The minimum atomic E-state index is -4.44. The number of hydrogen-bond donors (Lipinski definition) is 0. The van der Waals surface area contributed by atoms with Gasteiger partial charge in [0.1, 0.15) is 0 Å². The van der Waals surface area contributed by atoms with E-state index in [1.165, 1.54) is 0 Å². The van der Waals surface area contributed by atoms with Gasteiger partial charge >= 0.3 is 12.1 Å². The Bertz CT molecular complexity index is 225. The van der Waals surface area contributed by atoms with Gasteiger partial charge in [-0.05, 0) is 12.8 Å². The van der Waals surface area contributed by atoms with Gasteiger partial charge in [-0.15, -0.1) is 0 Å². The number of unbranched alkanes of at least 4 members (excludes halogenated alkanes) is 1. The molecule has 0 N–H and O–H groups in total. The van der Waals surface area contributed by atoms with Crippen LogP contribution >= 0.6 is 0 Å². The van der Waals surface area contributed by atoms with Crippen LogP contribution in [0.1, 0.15) is 39.0 Å². The second kappa shape index (κ2) is 3.79. The average molecular weight is 210 g/mol. The molecule has 0 aliphatic carbocycles. The quantitative estimate of drug-likeness (QED) is 0.669. The van der Waals surface area contributed by atoms with Gasteiger partial charge in [-0.3, -0.25) is 4.79 Å². The number of esters is 1. The van der Waals surface area contributed by atoms with Gasteiger partial charge < -0.3 is 4.74 Å². The lowest BCUT2D eigenvalue weighted by Crippen LogP contribution is -2.44. The van der Waals surface area contributed by atoms with Crippen molar-refractivity contribution in [3.05, 3.63) is 0 Å². The largest absolute Gasteiger partial charge is 0.449 e.